The first kappa shape index (κ1) is 17.6. The van der Waals surface area contributed by atoms with Gasteiger partial charge in [-0.2, -0.15) is 0 Å². The number of alkyl halides is 6. The van der Waals surface area contributed by atoms with Crippen LogP contribution in [0.4, 0.5) is 0 Å². The lowest BCUT2D eigenvalue weighted by molar-refractivity contribution is -0.118. The summed E-state index contributed by atoms with van der Waals surface area (Å²) in [5.74, 6) is 0.267. The lowest BCUT2D eigenvalue weighted by Crippen LogP contribution is -2.42. The van der Waals surface area contributed by atoms with Gasteiger partial charge in [0, 0.05) is 30.6 Å². The normalized spacial score (nSPS) is 45.6. The molecule has 0 heterocycles. The molecule has 0 N–H and O–H groups in total. The van der Waals surface area contributed by atoms with Crippen molar-refractivity contribution in [2.75, 3.05) is 0 Å². The number of rotatable bonds is 0. The third-order valence-corrected chi connectivity index (χ3v) is 13.0. The number of Topliss-reactive ketones (excluding diaryl/α,β-unsaturated/α-hetero) is 1. The Morgan fingerprint density at radius 1 is 0.824 bits per heavy atom. The summed E-state index contributed by atoms with van der Waals surface area (Å²) in [6.07, 6.45) is 2.55. The van der Waals surface area contributed by atoms with Crippen molar-refractivity contribution in [2.45, 2.75) is 48.2 Å². The van der Waals surface area contributed by atoms with Gasteiger partial charge in [-0.15, -0.1) is 0 Å². The SMILES string of the molecule is O=C1CCCC(Br)C(Br)C(Br)C(Br)C(Br)C1Br. The number of hydrogen-bond donors (Lipinski definition) is 0. The largest absolute Gasteiger partial charge is 0.298 e. The highest BCUT2D eigenvalue weighted by atomic mass is 79.9. The summed E-state index contributed by atoms with van der Waals surface area (Å²) < 4.78 is 0. The summed E-state index contributed by atoms with van der Waals surface area (Å²) in [7, 11) is 0. The van der Waals surface area contributed by atoms with Crippen molar-refractivity contribution in [1.29, 1.82) is 0 Å². The quantitative estimate of drug-likeness (QED) is 0.333. The van der Waals surface area contributed by atoms with Gasteiger partial charge in [-0.05, 0) is 12.8 Å². The Hall–Kier alpha value is 2.55. The minimum absolute atomic E-state index is 0.0669. The summed E-state index contributed by atoms with van der Waals surface area (Å²) in [6, 6.07) is 0. The molecule has 0 radical (unpaired) electrons. The summed E-state index contributed by atoms with van der Waals surface area (Å²) in [5, 5.41) is 0. The van der Waals surface area contributed by atoms with Gasteiger partial charge in [0.05, 0.1) is 4.83 Å². The van der Waals surface area contributed by atoms with Crippen LogP contribution in [-0.2, 0) is 4.79 Å². The van der Waals surface area contributed by atoms with Gasteiger partial charge in [0.15, 0.2) is 0 Å². The second-order valence-electron chi connectivity index (χ2n) is 4.05. The Bertz CT molecular complexity index is 274. The molecule has 1 aliphatic carbocycles. The summed E-state index contributed by atoms with van der Waals surface area (Å²) in [4.78, 5) is 13.0. The first-order valence-corrected chi connectivity index (χ1v) is 10.7. The van der Waals surface area contributed by atoms with Crippen LogP contribution in [0.5, 0.6) is 0 Å². The van der Waals surface area contributed by atoms with Gasteiger partial charge in [-0.1, -0.05) is 95.6 Å². The van der Waals surface area contributed by atoms with Crippen LogP contribution >= 0.6 is 95.6 Å². The number of carbonyl (C=O) groups excluding carboxylic acids is 1. The molecule has 0 bridgehead atoms. The molecule has 0 amide bonds. The van der Waals surface area contributed by atoms with Crippen LogP contribution in [0.3, 0.4) is 0 Å². The van der Waals surface area contributed by atoms with Crippen molar-refractivity contribution >= 4 is 101 Å². The van der Waals surface area contributed by atoms with E-state index in [-0.39, 0.29) is 25.1 Å². The van der Waals surface area contributed by atoms with E-state index in [0.717, 1.165) is 12.8 Å². The lowest BCUT2D eigenvalue weighted by Gasteiger charge is -2.31. The minimum Gasteiger partial charge on any atom is -0.298 e. The number of halogens is 6. The predicted octanol–water partition coefficient (Wildman–Crippen LogP) is 5.32. The first-order chi connectivity index (χ1) is 7.86. The molecule has 0 saturated heterocycles. The first-order valence-electron chi connectivity index (χ1n) is 5.23. The van der Waals surface area contributed by atoms with Crippen LogP contribution in [0, 0.1) is 0 Å². The zero-order chi connectivity index (χ0) is 13.2. The Kier molecular flexibility index (Phi) is 8.39. The van der Waals surface area contributed by atoms with Crippen molar-refractivity contribution in [3.8, 4) is 0 Å². The fourth-order valence-corrected chi connectivity index (χ4v) is 7.06. The Labute approximate surface area is 152 Å². The molecule has 1 saturated carbocycles. The predicted molar refractivity (Wildman–Crippen MR) is 95.1 cm³/mol. The van der Waals surface area contributed by atoms with Crippen LogP contribution < -0.4 is 0 Å². The van der Waals surface area contributed by atoms with E-state index in [1.54, 1.807) is 0 Å². The third kappa shape index (κ3) is 4.80. The van der Waals surface area contributed by atoms with Crippen LogP contribution in [0.1, 0.15) is 19.3 Å². The van der Waals surface area contributed by atoms with E-state index in [9.17, 15) is 4.79 Å². The average molecular weight is 628 g/mol. The lowest BCUT2D eigenvalue weighted by atomic mass is 9.99. The van der Waals surface area contributed by atoms with E-state index in [4.69, 9.17) is 0 Å². The molecular weight excluding hydrogens is 616 g/mol. The zero-order valence-corrected chi connectivity index (χ0v) is 18.3. The molecule has 6 atom stereocenters. The fourth-order valence-electron chi connectivity index (χ4n) is 1.66. The molecule has 0 aromatic heterocycles. The Morgan fingerprint density at radius 2 is 1.35 bits per heavy atom. The number of carbonyl (C=O) groups is 1. The smallest absolute Gasteiger partial charge is 0.147 e. The van der Waals surface area contributed by atoms with Gasteiger partial charge in [0.25, 0.3) is 0 Å². The Balaban J connectivity index is 2.86. The summed E-state index contributed by atoms with van der Waals surface area (Å²) in [6.45, 7) is 0. The molecule has 0 aromatic rings. The minimum atomic E-state index is -0.140. The highest BCUT2D eigenvalue weighted by Crippen LogP contribution is 2.37. The molecule has 1 aliphatic rings. The van der Waals surface area contributed by atoms with Crippen molar-refractivity contribution in [2.24, 2.45) is 0 Å². The van der Waals surface area contributed by atoms with E-state index >= 15 is 0 Å². The Morgan fingerprint density at radius 3 is 1.94 bits per heavy atom. The highest BCUT2D eigenvalue weighted by Gasteiger charge is 2.38. The van der Waals surface area contributed by atoms with Gasteiger partial charge in [0.2, 0.25) is 0 Å². The monoisotopic (exact) mass is 622 g/mol. The molecule has 0 spiro atoms. The van der Waals surface area contributed by atoms with Gasteiger partial charge in [-0.25, -0.2) is 0 Å². The van der Waals surface area contributed by atoms with E-state index in [0.29, 0.717) is 16.1 Å². The third-order valence-electron chi connectivity index (χ3n) is 2.75. The molecule has 0 aromatic carbocycles. The van der Waals surface area contributed by atoms with Gasteiger partial charge >= 0.3 is 0 Å². The second kappa shape index (κ2) is 8.11. The maximum atomic E-state index is 11.9. The molecular formula is C10H12Br6O. The van der Waals surface area contributed by atoms with Crippen molar-refractivity contribution < 1.29 is 4.79 Å². The maximum absolute atomic E-state index is 11.9. The molecule has 17 heavy (non-hydrogen) atoms. The van der Waals surface area contributed by atoms with E-state index < -0.39 is 0 Å². The van der Waals surface area contributed by atoms with Crippen molar-refractivity contribution in [3.63, 3.8) is 0 Å². The van der Waals surface area contributed by atoms with Gasteiger partial charge in [-0.3, -0.25) is 4.79 Å². The molecule has 100 valence electrons. The zero-order valence-electron chi connectivity index (χ0n) is 8.76. The van der Waals surface area contributed by atoms with E-state index in [2.05, 4.69) is 95.6 Å². The topological polar surface area (TPSA) is 17.1 Å². The average Bonchev–Trinajstić information content (AvgIpc) is 2.32. The second-order valence-corrected chi connectivity index (χ2v) is 10.4. The molecule has 6 unspecified atom stereocenters. The van der Waals surface area contributed by atoms with Crippen LogP contribution in [0.2, 0.25) is 0 Å². The number of ketones is 1. The molecule has 1 nitrogen and oxygen atoms in total. The fraction of sp³-hybridized carbons (Fsp3) is 0.900. The van der Waals surface area contributed by atoms with Gasteiger partial charge in [0.1, 0.15) is 5.78 Å². The summed E-state index contributed by atoms with van der Waals surface area (Å²) in [5.41, 5.74) is 0. The van der Waals surface area contributed by atoms with E-state index in [1.165, 1.54) is 0 Å². The maximum Gasteiger partial charge on any atom is 0.147 e. The van der Waals surface area contributed by atoms with Gasteiger partial charge < -0.3 is 0 Å². The van der Waals surface area contributed by atoms with Crippen LogP contribution in [0.15, 0.2) is 0 Å². The summed E-state index contributed by atoms with van der Waals surface area (Å²) >= 11 is 21.9. The number of hydrogen-bond acceptors (Lipinski definition) is 1. The van der Waals surface area contributed by atoms with Crippen molar-refractivity contribution in [3.05, 3.63) is 0 Å². The van der Waals surface area contributed by atoms with E-state index in [1.807, 2.05) is 0 Å². The molecule has 7 heteroatoms. The van der Waals surface area contributed by atoms with Crippen LogP contribution in [-0.4, -0.2) is 34.7 Å². The molecule has 1 rings (SSSR count). The standard InChI is InChI=1S/C10H12Br6O/c11-4-2-1-3-5(17)7(13)9(15)10(16)8(14)6(4)12/h4,6-10H,1-3H2. The van der Waals surface area contributed by atoms with Crippen LogP contribution in [0.25, 0.3) is 0 Å². The highest BCUT2D eigenvalue weighted by molar-refractivity contribution is 9.15. The molecule has 1 fully saturated rings. The molecule has 0 aliphatic heterocycles. The van der Waals surface area contributed by atoms with Crippen molar-refractivity contribution in [1.82, 2.24) is 0 Å².